The zero-order valence-electron chi connectivity index (χ0n) is 42.2. The molecular weight excluding hydrogens is 816 g/mol. The maximum absolute atomic E-state index is 12.9. The van der Waals surface area contributed by atoms with Crippen LogP contribution in [-0.2, 0) is 18.4 Å². The van der Waals surface area contributed by atoms with Gasteiger partial charge in [0.1, 0.15) is 13.2 Å². The molecule has 64 heavy (non-hydrogen) atoms. The van der Waals surface area contributed by atoms with Crippen LogP contribution in [0, 0.1) is 0 Å². The largest absolute Gasteiger partial charge is 0.756 e. The van der Waals surface area contributed by atoms with Crippen LogP contribution >= 0.6 is 7.82 Å². The molecule has 0 bridgehead atoms. The first-order valence-corrected chi connectivity index (χ1v) is 27.8. The number of nitrogens with zero attached hydrogens (tertiary/aromatic N) is 1. The van der Waals surface area contributed by atoms with Gasteiger partial charge in [0.05, 0.1) is 39.9 Å². The summed E-state index contributed by atoms with van der Waals surface area (Å²) in [6.45, 7) is 4.50. The van der Waals surface area contributed by atoms with E-state index in [2.05, 4.69) is 79.9 Å². The Hall–Kier alpha value is -2.06. The van der Waals surface area contributed by atoms with E-state index in [0.717, 1.165) is 64.2 Å². The molecule has 372 valence electrons. The van der Waals surface area contributed by atoms with E-state index in [-0.39, 0.29) is 12.5 Å². The summed E-state index contributed by atoms with van der Waals surface area (Å²) in [6, 6.07) is -0.904. The Labute approximate surface area is 395 Å². The number of carbonyl (C=O) groups is 1. The number of phosphoric ester groups is 1. The number of aliphatic hydroxyl groups is 1. The smallest absolute Gasteiger partial charge is 0.268 e. The molecule has 0 saturated carbocycles. The highest BCUT2D eigenvalue weighted by Crippen LogP contribution is 2.38. The monoisotopic (exact) mass is 917 g/mol. The summed E-state index contributed by atoms with van der Waals surface area (Å²) >= 11 is 0. The molecule has 0 heterocycles. The summed E-state index contributed by atoms with van der Waals surface area (Å²) in [6.07, 6.45) is 62.6. The second-order valence-corrected chi connectivity index (χ2v) is 20.2. The fourth-order valence-electron chi connectivity index (χ4n) is 7.28. The van der Waals surface area contributed by atoms with Crippen molar-refractivity contribution in [1.82, 2.24) is 5.32 Å². The standard InChI is InChI=1S/C55H101N2O6P/c1-6-8-10-12-14-16-18-20-21-22-23-24-25-26-27-28-29-30-31-32-33-34-35-37-39-41-43-45-47-49-55(59)56-53(52-63-64(60,61)62-51-50-57(3,4)5)54(58)48-46-44-42-40-38-36-19-17-15-13-11-9-7-2/h8,10,14,16,20-21,23-24,38,40,46,48,53-54,58H,6-7,9,11-13,15,17-19,22,25-37,39,41-45,47,49-52H2,1-5H3,(H-,56,59,60,61)/b10-8-,16-14-,21-20-,24-23-,40-38+,48-46+. The number of aliphatic hydroxyl groups excluding tert-OH is 1. The van der Waals surface area contributed by atoms with E-state index < -0.39 is 26.6 Å². The summed E-state index contributed by atoms with van der Waals surface area (Å²) < 4.78 is 23.2. The van der Waals surface area contributed by atoms with E-state index in [1.807, 2.05) is 27.2 Å². The zero-order valence-corrected chi connectivity index (χ0v) is 43.1. The lowest BCUT2D eigenvalue weighted by Crippen LogP contribution is -2.45. The van der Waals surface area contributed by atoms with Crippen LogP contribution < -0.4 is 10.2 Å². The molecular formula is C55H101N2O6P. The molecule has 2 N–H and O–H groups in total. The lowest BCUT2D eigenvalue weighted by molar-refractivity contribution is -0.870. The summed E-state index contributed by atoms with van der Waals surface area (Å²) in [5.74, 6) is -0.210. The first-order chi connectivity index (χ1) is 31.0. The van der Waals surface area contributed by atoms with Crippen LogP contribution in [0.2, 0.25) is 0 Å². The van der Waals surface area contributed by atoms with E-state index >= 15 is 0 Å². The normalized spacial score (nSPS) is 14.7. The SMILES string of the molecule is CC/C=C\C/C=C\C/C=C\C/C=C\CCCCCCCCCCCCCCCCCCC(=O)NC(COP(=O)([O-])OCC[N+](C)(C)C)C(O)/C=C/CC/C=C/CCCCCCCCC. The van der Waals surface area contributed by atoms with Gasteiger partial charge in [-0.05, 0) is 70.6 Å². The van der Waals surface area contributed by atoms with Crippen LogP contribution in [0.1, 0.15) is 219 Å². The van der Waals surface area contributed by atoms with Crippen molar-refractivity contribution in [1.29, 1.82) is 0 Å². The molecule has 0 fully saturated rings. The van der Waals surface area contributed by atoms with Gasteiger partial charge in [0.2, 0.25) is 5.91 Å². The number of quaternary nitrogens is 1. The van der Waals surface area contributed by atoms with E-state index in [1.54, 1.807) is 6.08 Å². The predicted molar refractivity (Wildman–Crippen MR) is 274 cm³/mol. The highest BCUT2D eigenvalue weighted by Gasteiger charge is 2.23. The number of nitrogens with one attached hydrogen (secondary N) is 1. The van der Waals surface area contributed by atoms with Crippen molar-refractivity contribution in [3.63, 3.8) is 0 Å². The molecule has 0 aromatic rings. The average molecular weight is 917 g/mol. The van der Waals surface area contributed by atoms with E-state index in [9.17, 15) is 19.4 Å². The minimum atomic E-state index is -4.60. The Balaban J connectivity index is 4.15. The van der Waals surface area contributed by atoms with E-state index in [0.29, 0.717) is 17.4 Å². The van der Waals surface area contributed by atoms with Crippen molar-refractivity contribution in [3.05, 3.63) is 72.9 Å². The molecule has 8 nitrogen and oxygen atoms in total. The van der Waals surface area contributed by atoms with Gasteiger partial charge in [-0.2, -0.15) is 0 Å². The van der Waals surface area contributed by atoms with Crippen LogP contribution in [0.4, 0.5) is 0 Å². The maximum Gasteiger partial charge on any atom is 0.268 e. The fraction of sp³-hybridized carbons (Fsp3) is 0.764. The molecule has 0 aromatic heterocycles. The average Bonchev–Trinajstić information content (AvgIpc) is 3.25. The number of hydrogen-bond acceptors (Lipinski definition) is 6. The second-order valence-electron chi connectivity index (χ2n) is 18.8. The van der Waals surface area contributed by atoms with Crippen LogP contribution in [0.15, 0.2) is 72.9 Å². The summed E-state index contributed by atoms with van der Waals surface area (Å²) in [5.41, 5.74) is 0. The summed E-state index contributed by atoms with van der Waals surface area (Å²) in [5, 5.41) is 13.8. The molecule has 1 amide bonds. The van der Waals surface area contributed by atoms with Crippen molar-refractivity contribution in [3.8, 4) is 0 Å². The number of hydrogen-bond donors (Lipinski definition) is 2. The molecule has 0 aliphatic rings. The van der Waals surface area contributed by atoms with Gasteiger partial charge in [-0.1, -0.05) is 215 Å². The minimum absolute atomic E-state index is 0.00810. The van der Waals surface area contributed by atoms with Gasteiger partial charge in [0.15, 0.2) is 0 Å². The topological polar surface area (TPSA) is 108 Å². The van der Waals surface area contributed by atoms with Crippen molar-refractivity contribution < 1.29 is 32.9 Å². The Morgan fingerprint density at radius 2 is 0.969 bits per heavy atom. The van der Waals surface area contributed by atoms with Crippen molar-refractivity contribution in [2.24, 2.45) is 0 Å². The number of phosphoric acid groups is 1. The summed E-state index contributed by atoms with van der Waals surface area (Å²) in [4.78, 5) is 25.4. The number of allylic oxidation sites excluding steroid dienone is 11. The summed E-state index contributed by atoms with van der Waals surface area (Å²) in [7, 11) is 1.24. The number of carbonyl (C=O) groups excluding carboxylic acids is 1. The molecule has 0 aromatic carbocycles. The third-order valence-corrected chi connectivity index (χ3v) is 12.4. The van der Waals surface area contributed by atoms with Gasteiger partial charge in [0, 0.05) is 6.42 Å². The van der Waals surface area contributed by atoms with Crippen LogP contribution in [0.5, 0.6) is 0 Å². The fourth-order valence-corrected chi connectivity index (χ4v) is 8.00. The predicted octanol–water partition coefficient (Wildman–Crippen LogP) is 14.9. The molecule has 0 aliphatic heterocycles. The Morgan fingerprint density at radius 3 is 1.45 bits per heavy atom. The Morgan fingerprint density at radius 1 is 0.562 bits per heavy atom. The van der Waals surface area contributed by atoms with Gasteiger partial charge >= 0.3 is 0 Å². The first kappa shape index (κ1) is 61.9. The number of unbranched alkanes of at least 4 members (excludes halogenated alkanes) is 24. The van der Waals surface area contributed by atoms with E-state index in [4.69, 9.17) is 9.05 Å². The number of rotatable bonds is 47. The zero-order chi connectivity index (χ0) is 47.1. The van der Waals surface area contributed by atoms with Crippen molar-refractivity contribution >= 4 is 13.7 Å². The lowest BCUT2D eigenvalue weighted by Gasteiger charge is -2.29. The lowest BCUT2D eigenvalue weighted by atomic mass is 10.0. The molecule has 0 rings (SSSR count). The third kappa shape index (κ3) is 47.9. The highest BCUT2D eigenvalue weighted by atomic mass is 31.2. The van der Waals surface area contributed by atoms with Gasteiger partial charge in [-0.25, -0.2) is 0 Å². The molecule has 9 heteroatoms. The molecule has 0 radical (unpaired) electrons. The van der Waals surface area contributed by atoms with Gasteiger partial charge in [0.25, 0.3) is 7.82 Å². The molecule has 3 unspecified atom stereocenters. The minimum Gasteiger partial charge on any atom is -0.756 e. The molecule has 0 saturated heterocycles. The first-order valence-electron chi connectivity index (χ1n) is 26.3. The Kier molecular flexibility index (Phi) is 44.6. The van der Waals surface area contributed by atoms with Crippen LogP contribution in [0.25, 0.3) is 0 Å². The van der Waals surface area contributed by atoms with Gasteiger partial charge in [-0.15, -0.1) is 0 Å². The molecule has 0 aliphatic carbocycles. The number of amides is 1. The van der Waals surface area contributed by atoms with Crippen molar-refractivity contribution in [2.45, 2.75) is 231 Å². The van der Waals surface area contributed by atoms with Crippen molar-refractivity contribution in [2.75, 3.05) is 40.9 Å². The van der Waals surface area contributed by atoms with Crippen LogP contribution in [0.3, 0.4) is 0 Å². The molecule has 3 atom stereocenters. The Bertz CT molecular complexity index is 1270. The molecule has 0 spiro atoms. The quantitative estimate of drug-likeness (QED) is 0.0272. The van der Waals surface area contributed by atoms with E-state index in [1.165, 1.54) is 135 Å². The third-order valence-electron chi connectivity index (χ3n) is 11.4. The van der Waals surface area contributed by atoms with Gasteiger partial charge in [-0.3, -0.25) is 9.36 Å². The maximum atomic E-state index is 12.9. The van der Waals surface area contributed by atoms with Gasteiger partial charge < -0.3 is 28.8 Å². The van der Waals surface area contributed by atoms with Crippen LogP contribution in [-0.4, -0.2) is 68.5 Å². The highest BCUT2D eigenvalue weighted by molar-refractivity contribution is 7.45. The number of likely N-dealkylation sites (N-methyl/N-ethyl adjacent to an activating group) is 1. The second kappa shape index (κ2) is 46.1.